The summed E-state index contributed by atoms with van der Waals surface area (Å²) in [6.07, 6.45) is 4.91. The van der Waals surface area contributed by atoms with Gasteiger partial charge in [0, 0.05) is 12.5 Å². The zero-order valence-electron chi connectivity index (χ0n) is 19.0. The first-order chi connectivity index (χ1) is 15.0. The maximum atomic E-state index is 13.3. The molecule has 7 nitrogen and oxygen atoms in total. The quantitative estimate of drug-likeness (QED) is 0.685. The second-order valence-corrected chi connectivity index (χ2v) is 8.57. The van der Waals surface area contributed by atoms with Crippen LogP contribution in [0.4, 0.5) is 5.69 Å². The van der Waals surface area contributed by atoms with Crippen molar-refractivity contribution in [2.45, 2.75) is 65.3 Å². The number of carbonyl (C=O) groups is 3. The molecule has 1 atom stereocenters. The highest BCUT2D eigenvalue weighted by atomic mass is 16.5. The van der Waals surface area contributed by atoms with Crippen LogP contribution in [0.2, 0.25) is 0 Å². The van der Waals surface area contributed by atoms with E-state index in [1.54, 1.807) is 17.0 Å². The summed E-state index contributed by atoms with van der Waals surface area (Å²) >= 11 is 0. The van der Waals surface area contributed by atoms with Gasteiger partial charge in [-0.15, -0.1) is 0 Å². The first kappa shape index (κ1) is 23.3. The van der Waals surface area contributed by atoms with Gasteiger partial charge >= 0.3 is 0 Å². The highest BCUT2D eigenvalue weighted by Gasteiger charge is 2.36. The molecule has 170 valence electrons. The van der Waals surface area contributed by atoms with Gasteiger partial charge in [-0.05, 0) is 76.2 Å². The maximum Gasteiger partial charge on any atom is 0.263 e. The number of fused-ring (bicyclic) bond motifs is 1. The highest BCUT2D eigenvalue weighted by molar-refractivity contribution is 6.15. The third kappa shape index (κ3) is 5.45. The van der Waals surface area contributed by atoms with Crippen molar-refractivity contribution in [2.24, 2.45) is 5.92 Å². The number of ether oxygens (including phenoxy) is 1. The molecule has 1 fully saturated rings. The average molecular weight is 430 g/mol. The van der Waals surface area contributed by atoms with Crippen molar-refractivity contribution < 1.29 is 19.1 Å². The second-order valence-electron chi connectivity index (χ2n) is 8.57. The molecule has 2 aliphatic rings. The Morgan fingerprint density at radius 3 is 2.65 bits per heavy atom. The minimum Gasteiger partial charge on any atom is -0.494 e. The van der Waals surface area contributed by atoms with Crippen molar-refractivity contribution in [1.82, 2.24) is 10.2 Å². The lowest BCUT2D eigenvalue weighted by Gasteiger charge is -2.28. The number of hydrogen-bond donors (Lipinski definition) is 1. The Morgan fingerprint density at radius 2 is 1.97 bits per heavy atom. The summed E-state index contributed by atoms with van der Waals surface area (Å²) in [6.45, 7) is 8.32. The smallest absolute Gasteiger partial charge is 0.263 e. The van der Waals surface area contributed by atoms with Crippen LogP contribution in [-0.2, 0) is 9.59 Å². The summed E-state index contributed by atoms with van der Waals surface area (Å²) in [7, 11) is 0. The fraction of sp³-hybridized carbons (Fsp3) is 0.625. The van der Waals surface area contributed by atoms with E-state index in [0.29, 0.717) is 35.9 Å². The van der Waals surface area contributed by atoms with E-state index in [-0.39, 0.29) is 30.8 Å². The number of carbonyl (C=O) groups excluding carboxylic acids is 3. The predicted molar refractivity (Wildman–Crippen MR) is 120 cm³/mol. The van der Waals surface area contributed by atoms with Crippen molar-refractivity contribution in [1.29, 1.82) is 0 Å². The Kier molecular flexibility index (Phi) is 8.07. The van der Waals surface area contributed by atoms with Crippen LogP contribution in [0.3, 0.4) is 0 Å². The zero-order chi connectivity index (χ0) is 22.4. The van der Waals surface area contributed by atoms with Crippen molar-refractivity contribution >= 4 is 23.4 Å². The van der Waals surface area contributed by atoms with E-state index >= 15 is 0 Å². The van der Waals surface area contributed by atoms with E-state index in [1.165, 1.54) is 0 Å². The largest absolute Gasteiger partial charge is 0.494 e. The summed E-state index contributed by atoms with van der Waals surface area (Å²) < 4.78 is 5.98. The summed E-state index contributed by atoms with van der Waals surface area (Å²) in [5, 5.41) is 3.37. The molecular formula is C24H35N3O4. The Hall–Kier alpha value is -2.41. The summed E-state index contributed by atoms with van der Waals surface area (Å²) in [5.41, 5.74) is 0.914. The molecule has 2 aliphatic heterocycles. The third-order valence-electron chi connectivity index (χ3n) is 6.32. The second kappa shape index (κ2) is 10.8. The van der Waals surface area contributed by atoms with Gasteiger partial charge in [0.1, 0.15) is 12.3 Å². The van der Waals surface area contributed by atoms with E-state index < -0.39 is 5.91 Å². The number of rotatable bonds is 8. The van der Waals surface area contributed by atoms with Gasteiger partial charge in [-0.25, -0.2) is 0 Å². The SMILES string of the molecule is CCCC(=O)N1CC(=O)N(C(C)CC)c2ccc(OCCC3CCNCC3)cc2C1=O. The van der Waals surface area contributed by atoms with E-state index in [0.717, 1.165) is 43.7 Å². The number of nitrogens with zero attached hydrogens (tertiary/aromatic N) is 2. The van der Waals surface area contributed by atoms with E-state index in [2.05, 4.69) is 5.32 Å². The minimum absolute atomic E-state index is 0.0769. The standard InChI is InChI=1S/C24H35N3O4/c1-4-6-22(28)26-16-23(29)27(17(3)5-2)21-8-7-19(15-20(21)24(26)30)31-14-11-18-9-12-25-13-10-18/h7-8,15,17-18,25H,4-6,9-14,16H2,1-3H3. The molecule has 3 amide bonds. The third-order valence-corrected chi connectivity index (χ3v) is 6.32. The van der Waals surface area contributed by atoms with Crippen molar-refractivity contribution in [2.75, 3.05) is 31.1 Å². The Morgan fingerprint density at radius 1 is 1.23 bits per heavy atom. The van der Waals surface area contributed by atoms with Gasteiger partial charge < -0.3 is 15.0 Å². The molecule has 3 rings (SSSR count). The average Bonchev–Trinajstić information content (AvgIpc) is 2.88. The topological polar surface area (TPSA) is 79.0 Å². The van der Waals surface area contributed by atoms with Gasteiger partial charge in [0.2, 0.25) is 11.8 Å². The number of anilines is 1. The molecule has 0 saturated carbocycles. The van der Waals surface area contributed by atoms with Crippen LogP contribution >= 0.6 is 0 Å². The Bertz CT molecular complexity index is 804. The molecule has 2 heterocycles. The van der Waals surface area contributed by atoms with Crippen molar-refractivity contribution in [3.05, 3.63) is 23.8 Å². The number of hydrogen-bond acceptors (Lipinski definition) is 5. The van der Waals surface area contributed by atoms with Crippen LogP contribution in [0.5, 0.6) is 5.75 Å². The van der Waals surface area contributed by atoms with Crippen LogP contribution in [0.25, 0.3) is 0 Å². The molecule has 1 aromatic rings. The van der Waals surface area contributed by atoms with Crippen LogP contribution < -0.4 is 15.0 Å². The molecule has 7 heteroatoms. The van der Waals surface area contributed by atoms with Crippen LogP contribution in [0.1, 0.15) is 69.7 Å². The monoisotopic (exact) mass is 429 g/mol. The number of piperidine rings is 1. The van der Waals surface area contributed by atoms with Crippen molar-refractivity contribution in [3.63, 3.8) is 0 Å². The lowest BCUT2D eigenvalue weighted by Crippen LogP contribution is -2.45. The molecule has 1 aromatic carbocycles. The summed E-state index contributed by atoms with van der Waals surface area (Å²) in [6, 6.07) is 5.22. The molecular weight excluding hydrogens is 394 g/mol. The van der Waals surface area contributed by atoms with Gasteiger partial charge in [0.05, 0.1) is 17.9 Å². The first-order valence-corrected chi connectivity index (χ1v) is 11.6. The lowest BCUT2D eigenvalue weighted by atomic mass is 9.95. The molecule has 0 spiro atoms. The highest BCUT2D eigenvalue weighted by Crippen LogP contribution is 2.32. The molecule has 1 saturated heterocycles. The molecule has 0 radical (unpaired) electrons. The molecule has 0 aromatic heterocycles. The maximum absolute atomic E-state index is 13.3. The Labute approximate surface area is 185 Å². The molecule has 31 heavy (non-hydrogen) atoms. The first-order valence-electron chi connectivity index (χ1n) is 11.6. The van der Waals surface area contributed by atoms with E-state index in [1.807, 2.05) is 26.8 Å². The van der Waals surface area contributed by atoms with E-state index in [4.69, 9.17) is 4.74 Å². The fourth-order valence-corrected chi connectivity index (χ4v) is 4.28. The van der Waals surface area contributed by atoms with Gasteiger partial charge in [-0.3, -0.25) is 19.3 Å². The number of nitrogens with one attached hydrogen (secondary N) is 1. The molecule has 1 N–H and O–H groups in total. The van der Waals surface area contributed by atoms with Gasteiger partial charge in [0.25, 0.3) is 5.91 Å². The minimum atomic E-state index is -0.420. The zero-order valence-corrected chi connectivity index (χ0v) is 19.0. The molecule has 0 bridgehead atoms. The molecule has 0 aliphatic carbocycles. The molecule has 1 unspecified atom stereocenters. The van der Waals surface area contributed by atoms with Gasteiger partial charge in [-0.1, -0.05) is 13.8 Å². The Balaban J connectivity index is 1.84. The van der Waals surface area contributed by atoms with Crippen LogP contribution in [0, 0.1) is 5.92 Å². The van der Waals surface area contributed by atoms with Crippen LogP contribution in [0.15, 0.2) is 18.2 Å². The number of imide groups is 1. The van der Waals surface area contributed by atoms with Crippen molar-refractivity contribution in [3.8, 4) is 5.75 Å². The summed E-state index contributed by atoms with van der Waals surface area (Å²) in [5.74, 6) is 0.295. The normalized spacial score (nSPS) is 18.5. The fourth-order valence-electron chi connectivity index (χ4n) is 4.28. The van der Waals surface area contributed by atoms with E-state index in [9.17, 15) is 14.4 Å². The number of benzene rings is 1. The lowest BCUT2D eigenvalue weighted by molar-refractivity contribution is -0.132. The summed E-state index contributed by atoms with van der Waals surface area (Å²) in [4.78, 5) is 41.7. The predicted octanol–water partition coefficient (Wildman–Crippen LogP) is 3.37. The van der Waals surface area contributed by atoms with Gasteiger partial charge in [-0.2, -0.15) is 0 Å². The van der Waals surface area contributed by atoms with Crippen LogP contribution in [-0.4, -0.2) is 54.9 Å². The number of amides is 3. The van der Waals surface area contributed by atoms with Gasteiger partial charge in [0.15, 0.2) is 0 Å².